The molecule has 0 aliphatic heterocycles. The molecule has 5 nitrogen and oxygen atoms in total. The highest BCUT2D eigenvalue weighted by atomic mass is 19.1. The molecule has 27 heavy (non-hydrogen) atoms. The van der Waals surface area contributed by atoms with Gasteiger partial charge >= 0.3 is 0 Å². The number of pyridine rings is 1. The molecule has 0 amide bonds. The molecule has 2 aromatic heterocycles. The lowest BCUT2D eigenvalue weighted by Gasteiger charge is -2.09. The molecule has 6 heteroatoms. The van der Waals surface area contributed by atoms with Crippen LogP contribution < -0.4 is 4.74 Å². The lowest BCUT2D eigenvalue weighted by molar-refractivity contribution is 0.296. The molecule has 2 atom stereocenters. The van der Waals surface area contributed by atoms with E-state index in [-0.39, 0.29) is 5.82 Å². The Morgan fingerprint density at radius 3 is 2.74 bits per heavy atom. The molecule has 0 bridgehead atoms. The van der Waals surface area contributed by atoms with E-state index in [9.17, 15) is 9.65 Å². The van der Waals surface area contributed by atoms with Crippen LogP contribution in [-0.2, 0) is 6.42 Å². The van der Waals surface area contributed by atoms with Crippen LogP contribution in [0.1, 0.15) is 42.1 Å². The normalized spacial score (nSPS) is 21.2. The van der Waals surface area contributed by atoms with Crippen molar-refractivity contribution in [2.45, 2.75) is 31.6 Å². The standard InChI is InChI=1S/C21H19FN4O/c22-16-5-3-14(4-6-16)17-10-15(17)12-27-19-7-8-26-20(9-13-1-2-13)24-25-21(26)18(19)11-23/h3-8,13,15,17H,1-2,9-10,12H2/t15-,17?/m0/s1. The quantitative estimate of drug-likeness (QED) is 0.668. The third-order valence-corrected chi connectivity index (χ3v) is 5.57. The fraction of sp³-hybridized carbons (Fsp3) is 0.381. The number of benzene rings is 1. The summed E-state index contributed by atoms with van der Waals surface area (Å²) in [5.74, 6) is 2.75. The predicted octanol–water partition coefficient (Wildman–Crippen LogP) is 3.88. The molecule has 0 N–H and O–H groups in total. The fourth-order valence-electron chi connectivity index (χ4n) is 3.68. The summed E-state index contributed by atoms with van der Waals surface area (Å²) < 4.78 is 20.9. The largest absolute Gasteiger partial charge is 0.492 e. The lowest BCUT2D eigenvalue weighted by Crippen LogP contribution is -2.04. The fourth-order valence-corrected chi connectivity index (χ4v) is 3.68. The molecule has 3 aromatic rings. The van der Waals surface area contributed by atoms with Crippen LogP contribution in [0.25, 0.3) is 5.65 Å². The van der Waals surface area contributed by atoms with Gasteiger partial charge in [-0.2, -0.15) is 5.26 Å². The molecule has 2 heterocycles. The number of hydrogen-bond donors (Lipinski definition) is 0. The first-order chi connectivity index (χ1) is 13.2. The molecule has 1 aromatic carbocycles. The van der Waals surface area contributed by atoms with Crippen molar-refractivity contribution < 1.29 is 9.13 Å². The molecule has 5 rings (SSSR count). The Hall–Kier alpha value is -2.94. The SMILES string of the molecule is N#Cc1c(OC[C@@H]2CC2c2ccc(F)cc2)ccn2c(CC3CC3)nnc12. The second kappa shape index (κ2) is 6.34. The molecule has 0 radical (unpaired) electrons. The zero-order chi connectivity index (χ0) is 18.4. The summed E-state index contributed by atoms with van der Waals surface area (Å²) in [5.41, 5.74) is 2.14. The molecule has 2 aliphatic rings. The average molecular weight is 362 g/mol. The van der Waals surface area contributed by atoms with Crippen LogP contribution in [0.2, 0.25) is 0 Å². The summed E-state index contributed by atoms with van der Waals surface area (Å²) in [6.45, 7) is 0.538. The Labute approximate surface area is 156 Å². The number of ether oxygens (including phenoxy) is 1. The van der Waals surface area contributed by atoms with Crippen molar-refractivity contribution in [1.29, 1.82) is 5.26 Å². The van der Waals surface area contributed by atoms with Crippen molar-refractivity contribution in [2.24, 2.45) is 11.8 Å². The van der Waals surface area contributed by atoms with Crippen LogP contribution in [-0.4, -0.2) is 21.2 Å². The number of nitriles is 1. The number of nitrogens with zero attached hydrogens (tertiary/aromatic N) is 4. The highest BCUT2D eigenvalue weighted by Gasteiger charge is 2.39. The van der Waals surface area contributed by atoms with E-state index >= 15 is 0 Å². The Bertz CT molecular complexity index is 1030. The smallest absolute Gasteiger partial charge is 0.182 e. The number of rotatable bonds is 6. The molecule has 2 fully saturated rings. The van der Waals surface area contributed by atoms with Gasteiger partial charge in [-0.05, 0) is 54.9 Å². The monoisotopic (exact) mass is 362 g/mol. The Kier molecular flexibility index (Phi) is 3.82. The summed E-state index contributed by atoms with van der Waals surface area (Å²) in [7, 11) is 0. The maximum atomic E-state index is 13.1. The van der Waals surface area contributed by atoms with E-state index in [2.05, 4.69) is 16.3 Å². The Balaban J connectivity index is 1.30. The highest BCUT2D eigenvalue weighted by molar-refractivity contribution is 5.61. The number of halogens is 1. The summed E-state index contributed by atoms with van der Waals surface area (Å²) in [4.78, 5) is 0. The van der Waals surface area contributed by atoms with E-state index in [1.807, 2.05) is 28.8 Å². The third-order valence-electron chi connectivity index (χ3n) is 5.57. The van der Waals surface area contributed by atoms with Crippen LogP contribution in [0.15, 0.2) is 36.5 Å². The van der Waals surface area contributed by atoms with Gasteiger partial charge in [-0.25, -0.2) is 4.39 Å². The van der Waals surface area contributed by atoms with E-state index in [1.54, 1.807) is 0 Å². The van der Waals surface area contributed by atoms with Gasteiger partial charge in [0.05, 0.1) is 6.61 Å². The van der Waals surface area contributed by atoms with E-state index in [0.717, 1.165) is 24.2 Å². The van der Waals surface area contributed by atoms with E-state index in [1.165, 1.54) is 25.0 Å². The van der Waals surface area contributed by atoms with Crippen molar-refractivity contribution in [3.63, 3.8) is 0 Å². The van der Waals surface area contributed by atoms with Gasteiger partial charge in [0.2, 0.25) is 0 Å². The zero-order valence-electron chi connectivity index (χ0n) is 14.8. The minimum Gasteiger partial charge on any atom is -0.492 e. The molecular formula is C21H19FN4O. The third kappa shape index (κ3) is 3.14. The first-order valence-electron chi connectivity index (χ1n) is 9.38. The van der Waals surface area contributed by atoms with E-state index in [0.29, 0.717) is 41.3 Å². The van der Waals surface area contributed by atoms with Crippen molar-refractivity contribution >= 4 is 5.65 Å². The van der Waals surface area contributed by atoms with Crippen LogP contribution in [0.3, 0.4) is 0 Å². The van der Waals surface area contributed by atoms with Crippen molar-refractivity contribution in [1.82, 2.24) is 14.6 Å². The van der Waals surface area contributed by atoms with E-state index < -0.39 is 0 Å². The number of hydrogen-bond acceptors (Lipinski definition) is 4. The van der Waals surface area contributed by atoms with Crippen molar-refractivity contribution in [3.8, 4) is 11.8 Å². The first-order valence-corrected chi connectivity index (χ1v) is 9.38. The van der Waals surface area contributed by atoms with Crippen LogP contribution in [0.5, 0.6) is 5.75 Å². The summed E-state index contributed by atoms with van der Waals surface area (Å²) in [5, 5.41) is 18.1. The van der Waals surface area contributed by atoms with Gasteiger partial charge in [-0.3, -0.25) is 4.40 Å². The molecule has 136 valence electrons. The lowest BCUT2D eigenvalue weighted by atomic mass is 10.1. The maximum Gasteiger partial charge on any atom is 0.182 e. The molecule has 0 saturated heterocycles. The van der Waals surface area contributed by atoms with Crippen molar-refractivity contribution in [2.75, 3.05) is 6.61 Å². The van der Waals surface area contributed by atoms with Gasteiger partial charge < -0.3 is 4.74 Å². The van der Waals surface area contributed by atoms with Crippen molar-refractivity contribution in [3.05, 3.63) is 59.3 Å². The van der Waals surface area contributed by atoms with Gasteiger partial charge in [0.1, 0.15) is 29.0 Å². The number of aromatic nitrogens is 3. The van der Waals surface area contributed by atoms with Gasteiger partial charge in [-0.1, -0.05) is 12.1 Å². The summed E-state index contributed by atoms with van der Waals surface area (Å²) in [6, 6.07) is 10.7. The van der Waals surface area contributed by atoms with Gasteiger partial charge in [-0.15, -0.1) is 10.2 Å². The van der Waals surface area contributed by atoms with Gasteiger partial charge in [0.25, 0.3) is 0 Å². The van der Waals surface area contributed by atoms with Gasteiger partial charge in [0.15, 0.2) is 5.65 Å². The minimum atomic E-state index is -0.214. The van der Waals surface area contributed by atoms with Gasteiger partial charge in [0, 0.05) is 18.5 Å². The predicted molar refractivity (Wildman–Crippen MR) is 96.9 cm³/mol. The Morgan fingerprint density at radius 2 is 2.00 bits per heavy atom. The minimum absolute atomic E-state index is 0.214. The topological polar surface area (TPSA) is 63.2 Å². The van der Waals surface area contributed by atoms with Crippen LogP contribution in [0, 0.1) is 29.0 Å². The summed E-state index contributed by atoms with van der Waals surface area (Å²) in [6.07, 6.45) is 6.32. The second-order valence-corrected chi connectivity index (χ2v) is 7.59. The molecule has 1 unspecified atom stereocenters. The molecule has 2 saturated carbocycles. The average Bonchev–Trinajstić information content (AvgIpc) is 3.59. The number of fused-ring (bicyclic) bond motifs is 1. The molecular weight excluding hydrogens is 343 g/mol. The first kappa shape index (κ1) is 16.2. The highest BCUT2D eigenvalue weighted by Crippen LogP contribution is 2.47. The van der Waals surface area contributed by atoms with Crippen LogP contribution in [0.4, 0.5) is 4.39 Å². The van der Waals surface area contributed by atoms with Crippen LogP contribution >= 0.6 is 0 Å². The Morgan fingerprint density at radius 1 is 1.19 bits per heavy atom. The molecule has 2 aliphatic carbocycles. The summed E-state index contributed by atoms with van der Waals surface area (Å²) >= 11 is 0. The van der Waals surface area contributed by atoms with E-state index in [4.69, 9.17) is 4.74 Å². The maximum absolute atomic E-state index is 13.1. The second-order valence-electron chi connectivity index (χ2n) is 7.59. The molecule has 0 spiro atoms. The zero-order valence-corrected chi connectivity index (χ0v) is 14.8.